The van der Waals surface area contributed by atoms with Crippen molar-refractivity contribution in [3.05, 3.63) is 72.6 Å². The Balaban J connectivity index is 0.924. The molecule has 8 rings (SSSR count). The smallest absolute Gasteiger partial charge is 0.408 e. The van der Waals surface area contributed by atoms with Crippen molar-refractivity contribution in [1.82, 2.24) is 40.4 Å². The number of carboxylic acid groups (broad SMARTS) is 1. The predicted molar refractivity (Wildman–Crippen MR) is 217 cm³/mol. The first-order chi connectivity index (χ1) is 27.6. The largest absolute Gasteiger partial charge is 0.465 e. The summed E-state index contributed by atoms with van der Waals surface area (Å²) in [6, 6.07) is 14.8. The maximum absolute atomic E-state index is 14.0. The number of hydrogen-bond donors (Lipinski definition) is 5. The number of ether oxygens (including phenoxy) is 1. The van der Waals surface area contributed by atoms with E-state index in [0.717, 1.165) is 65.1 Å². The first-order valence-electron chi connectivity index (χ1n) is 20.5. The number of piperidine rings is 2. The molecule has 0 unspecified atom stereocenters. The van der Waals surface area contributed by atoms with Gasteiger partial charge in [0.1, 0.15) is 29.3 Å². The van der Waals surface area contributed by atoms with Gasteiger partial charge in [-0.05, 0) is 81.3 Å². The van der Waals surface area contributed by atoms with Crippen LogP contribution < -0.4 is 10.6 Å². The van der Waals surface area contributed by atoms with Gasteiger partial charge < -0.3 is 40.2 Å². The van der Waals surface area contributed by atoms with Crippen molar-refractivity contribution in [3.63, 3.8) is 0 Å². The number of aromatic amines is 2. The lowest BCUT2D eigenvalue weighted by Gasteiger charge is -2.32. The van der Waals surface area contributed by atoms with Crippen LogP contribution in [0.1, 0.15) is 97.9 Å². The zero-order valence-electron chi connectivity index (χ0n) is 34.2. The van der Waals surface area contributed by atoms with Crippen molar-refractivity contribution in [2.45, 2.75) is 116 Å². The van der Waals surface area contributed by atoms with Gasteiger partial charge in [-0.15, -0.1) is 0 Å². The number of nitrogens with zero attached hydrogens (tertiary/aromatic N) is 4. The Bertz CT molecular complexity index is 2190. The highest BCUT2D eigenvalue weighted by atomic mass is 16.6. The summed E-state index contributed by atoms with van der Waals surface area (Å²) in [5, 5.41) is 14.6. The predicted octanol–water partition coefficient (Wildman–Crippen LogP) is 7.30. The standard InChI is InChI=1S/C44H54N8O6/c1-22(2)36(49-42(55)56)40(53)51-32-16-28(32)18-34(51)38-45-20-30(47-38)26-12-8-24(9-13-26)25-10-14-27(15-11-25)31-21-46-39(48-31)35-19-29-17-33(29)52(35)41(54)37(23(3)4)50-43(57)58-44(5,6)7/h8-15,20-23,28-29,32-37,49H,16-19H2,1-7H3,(H,45,47)(H,46,48)(H,50,57)(H,55,56)/t28-,29+,32-,33-,34+,35+,36+,37+/m1/s1. The number of carbonyl (C=O) groups is 4. The van der Waals surface area contributed by atoms with Crippen LogP contribution in [-0.2, 0) is 14.3 Å². The number of amides is 4. The molecule has 0 spiro atoms. The first-order valence-corrected chi connectivity index (χ1v) is 20.5. The summed E-state index contributed by atoms with van der Waals surface area (Å²) in [5.74, 6) is 1.72. The molecule has 2 saturated carbocycles. The summed E-state index contributed by atoms with van der Waals surface area (Å²) in [6.45, 7) is 13.0. The lowest BCUT2D eigenvalue weighted by molar-refractivity contribution is -0.137. The van der Waals surface area contributed by atoms with Crippen LogP contribution in [0, 0.1) is 23.7 Å². The van der Waals surface area contributed by atoms with Crippen molar-refractivity contribution in [3.8, 4) is 33.6 Å². The highest BCUT2D eigenvalue weighted by Crippen LogP contribution is 2.54. The monoisotopic (exact) mass is 790 g/mol. The number of alkyl carbamates (subject to hydrolysis) is 1. The Morgan fingerprint density at radius 1 is 0.672 bits per heavy atom. The van der Waals surface area contributed by atoms with Gasteiger partial charge in [0.05, 0.1) is 23.5 Å². The fraction of sp³-hybridized carbons (Fsp3) is 0.500. The van der Waals surface area contributed by atoms with E-state index < -0.39 is 29.9 Å². The van der Waals surface area contributed by atoms with E-state index >= 15 is 0 Å². The molecule has 2 aliphatic heterocycles. The molecule has 8 atom stereocenters. The van der Waals surface area contributed by atoms with Crippen molar-refractivity contribution in [2.24, 2.45) is 23.7 Å². The zero-order chi connectivity index (χ0) is 41.2. The molecule has 14 heteroatoms. The number of rotatable bonds is 11. The van der Waals surface area contributed by atoms with Gasteiger partial charge in [0.2, 0.25) is 11.8 Å². The molecular weight excluding hydrogens is 737 g/mol. The fourth-order valence-corrected chi connectivity index (χ4v) is 8.93. The zero-order valence-corrected chi connectivity index (χ0v) is 34.2. The molecule has 306 valence electrons. The number of hydrogen-bond acceptors (Lipinski definition) is 7. The number of aromatic nitrogens is 4. The van der Waals surface area contributed by atoms with E-state index in [1.807, 2.05) is 74.2 Å². The Hall–Kier alpha value is -5.66. The average Bonchev–Trinajstić information content (AvgIpc) is 3.76. The van der Waals surface area contributed by atoms with E-state index in [1.165, 1.54) is 0 Å². The van der Waals surface area contributed by atoms with E-state index in [4.69, 9.17) is 14.7 Å². The molecular formula is C44H54N8O6. The summed E-state index contributed by atoms with van der Waals surface area (Å²) in [7, 11) is 0. The lowest BCUT2D eigenvalue weighted by Crippen LogP contribution is -2.52. The molecule has 4 heterocycles. The van der Waals surface area contributed by atoms with Crippen LogP contribution in [-0.4, -0.2) is 88.6 Å². The second-order valence-electron chi connectivity index (χ2n) is 18.2. The Labute approximate surface area is 338 Å². The van der Waals surface area contributed by atoms with Crippen LogP contribution in [0.15, 0.2) is 60.9 Å². The first kappa shape index (κ1) is 39.2. The second kappa shape index (κ2) is 14.9. The molecule has 5 N–H and O–H groups in total. The van der Waals surface area contributed by atoms with Crippen LogP contribution in [0.25, 0.3) is 33.6 Å². The molecule has 4 amide bonds. The van der Waals surface area contributed by atoms with E-state index in [2.05, 4.69) is 44.9 Å². The number of benzene rings is 2. The van der Waals surface area contributed by atoms with E-state index in [0.29, 0.717) is 17.7 Å². The maximum atomic E-state index is 14.0. The van der Waals surface area contributed by atoms with E-state index in [9.17, 15) is 24.3 Å². The minimum atomic E-state index is -1.20. The minimum Gasteiger partial charge on any atom is -0.465 e. The van der Waals surface area contributed by atoms with Gasteiger partial charge >= 0.3 is 12.2 Å². The van der Waals surface area contributed by atoms with E-state index in [-0.39, 0.29) is 47.8 Å². The summed E-state index contributed by atoms with van der Waals surface area (Å²) < 4.78 is 5.47. The normalized spacial score (nSPS) is 24.3. The molecule has 2 aliphatic carbocycles. The van der Waals surface area contributed by atoms with Crippen molar-refractivity contribution in [1.29, 1.82) is 0 Å². The highest BCUT2D eigenvalue weighted by Gasteiger charge is 2.57. The number of fused-ring (bicyclic) bond motifs is 2. The Morgan fingerprint density at radius 3 is 1.45 bits per heavy atom. The lowest BCUT2D eigenvalue weighted by atomic mass is 10.0. The molecule has 0 radical (unpaired) electrons. The fourth-order valence-electron chi connectivity index (χ4n) is 8.93. The number of nitrogens with one attached hydrogen (secondary N) is 4. The number of imidazole rings is 2. The third-order valence-electron chi connectivity index (χ3n) is 12.1. The molecule has 2 aromatic heterocycles. The van der Waals surface area contributed by atoms with Gasteiger partial charge in [-0.2, -0.15) is 0 Å². The quantitative estimate of drug-likeness (QED) is 0.105. The van der Waals surface area contributed by atoms with Crippen molar-refractivity contribution >= 4 is 24.0 Å². The molecule has 14 nitrogen and oxygen atoms in total. The molecule has 2 aromatic carbocycles. The van der Waals surface area contributed by atoms with Gasteiger partial charge in [-0.25, -0.2) is 19.6 Å². The van der Waals surface area contributed by atoms with Gasteiger partial charge in [0.15, 0.2) is 0 Å². The van der Waals surface area contributed by atoms with Gasteiger partial charge in [-0.1, -0.05) is 76.2 Å². The second-order valence-corrected chi connectivity index (χ2v) is 18.2. The maximum Gasteiger partial charge on any atom is 0.408 e. The molecule has 58 heavy (non-hydrogen) atoms. The number of carbonyl (C=O) groups excluding carboxylic acids is 3. The Kier molecular flexibility index (Phi) is 10.1. The van der Waals surface area contributed by atoms with E-state index in [1.54, 1.807) is 20.8 Å². The third-order valence-corrected chi connectivity index (χ3v) is 12.1. The summed E-state index contributed by atoms with van der Waals surface area (Å²) >= 11 is 0. The van der Waals surface area contributed by atoms with Crippen molar-refractivity contribution in [2.75, 3.05) is 0 Å². The van der Waals surface area contributed by atoms with Crippen molar-refractivity contribution < 1.29 is 29.0 Å². The van der Waals surface area contributed by atoms with Crippen LogP contribution in [0.3, 0.4) is 0 Å². The average molecular weight is 791 g/mol. The van der Waals surface area contributed by atoms with Crippen LogP contribution >= 0.6 is 0 Å². The molecule has 4 aliphatic rings. The van der Waals surface area contributed by atoms with Gasteiger partial charge in [0.25, 0.3) is 0 Å². The SMILES string of the molecule is CC(C)[C@H](NC(=O)O)C(=O)N1[C@@H]2C[C@@H]2C[C@H]1c1nc(-c2ccc(-c3ccc(-c4c[nH]c([C@@H]5C[C@@H]6C[C@H]6N5C(=O)[C@@H](NC(=O)OC(C)(C)C)C(C)C)n4)cc3)cc2)c[nH]1. The van der Waals surface area contributed by atoms with Gasteiger partial charge in [-0.3, -0.25) is 9.59 Å². The summed E-state index contributed by atoms with van der Waals surface area (Å²) in [6.07, 6.45) is 5.51. The van der Waals surface area contributed by atoms with Crippen LogP contribution in [0.2, 0.25) is 0 Å². The summed E-state index contributed by atoms with van der Waals surface area (Å²) in [4.78, 5) is 72.1. The number of H-pyrrole nitrogens is 2. The minimum absolute atomic E-state index is 0.104. The Morgan fingerprint density at radius 2 is 1.07 bits per heavy atom. The topological polar surface area (TPSA) is 186 Å². The molecule has 2 saturated heterocycles. The van der Waals surface area contributed by atoms with Gasteiger partial charge in [0, 0.05) is 35.6 Å². The van der Waals surface area contributed by atoms with Crippen LogP contribution in [0.4, 0.5) is 9.59 Å². The highest BCUT2D eigenvalue weighted by molar-refractivity contribution is 5.88. The van der Waals surface area contributed by atoms with Crippen LogP contribution in [0.5, 0.6) is 0 Å². The molecule has 4 aromatic rings. The molecule has 4 fully saturated rings. The summed E-state index contributed by atoms with van der Waals surface area (Å²) in [5.41, 5.74) is 4.90. The third kappa shape index (κ3) is 7.80. The number of likely N-dealkylation sites (tertiary alicyclic amines) is 2. The molecule has 0 bridgehead atoms.